The van der Waals surface area contributed by atoms with E-state index in [4.69, 9.17) is 5.73 Å². The molecule has 1 saturated heterocycles. The van der Waals surface area contributed by atoms with Gasteiger partial charge in [-0.3, -0.25) is 4.79 Å². The summed E-state index contributed by atoms with van der Waals surface area (Å²) < 4.78 is 25.6. The van der Waals surface area contributed by atoms with Crippen LogP contribution in [0.4, 0.5) is 0 Å². The largest absolute Gasteiger partial charge is 0.334 e. The number of rotatable bonds is 5. The van der Waals surface area contributed by atoms with Gasteiger partial charge in [0.1, 0.15) is 0 Å². The van der Waals surface area contributed by atoms with E-state index in [0.29, 0.717) is 24.6 Å². The molecule has 0 aliphatic carbocycles. The van der Waals surface area contributed by atoms with Crippen molar-refractivity contribution in [2.24, 2.45) is 11.7 Å². The van der Waals surface area contributed by atoms with Crippen LogP contribution in [0.15, 0.2) is 59.5 Å². The summed E-state index contributed by atoms with van der Waals surface area (Å²) in [5.41, 5.74) is 7.02. The van der Waals surface area contributed by atoms with Crippen LogP contribution in [0.2, 0.25) is 0 Å². The lowest BCUT2D eigenvalue weighted by Crippen LogP contribution is -2.51. The number of hydrogen-bond acceptors (Lipinski definition) is 4. The highest BCUT2D eigenvalue weighted by Gasteiger charge is 2.31. The van der Waals surface area contributed by atoms with Crippen molar-refractivity contribution < 1.29 is 13.2 Å². The normalized spacial score (nSPS) is 20.4. The van der Waals surface area contributed by atoms with Crippen molar-refractivity contribution in [3.8, 4) is 0 Å². The average Bonchev–Trinajstić information content (AvgIpc) is 2.68. The van der Waals surface area contributed by atoms with Gasteiger partial charge in [-0.05, 0) is 42.5 Å². The predicted molar refractivity (Wildman–Crippen MR) is 106 cm³/mol. The van der Waals surface area contributed by atoms with Crippen LogP contribution >= 0.6 is 0 Å². The molecule has 1 fully saturated rings. The Morgan fingerprint density at radius 1 is 1.15 bits per heavy atom. The number of nitrogens with zero attached hydrogens (tertiary/aromatic N) is 1. The molecule has 1 aliphatic rings. The average molecular weight is 387 g/mol. The zero-order chi connectivity index (χ0) is 19.4. The second-order valence-electron chi connectivity index (χ2n) is 7.19. The van der Waals surface area contributed by atoms with Crippen LogP contribution < -0.4 is 5.73 Å². The van der Waals surface area contributed by atoms with Gasteiger partial charge >= 0.3 is 0 Å². The third kappa shape index (κ3) is 4.39. The van der Waals surface area contributed by atoms with E-state index >= 15 is 0 Å². The van der Waals surface area contributed by atoms with E-state index in [0.717, 1.165) is 18.4 Å². The second-order valence-corrected chi connectivity index (χ2v) is 9.18. The van der Waals surface area contributed by atoms with Gasteiger partial charge in [-0.25, -0.2) is 8.42 Å². The molecule has 0 bridgehead atoms. The first kappa shape index (κ1) is 19.6. The summed E-state index contributed by atoms with van der Waals surface area (Å²) in [7, 11) is -3.53. The lowest BCUT2D eigenvalue weighted by Gasteiger charge is -2.39. The molecule has 0 spiro atoms. The lowest BCUT2D eigenvalue weighted by atomic mass is 9.90. The molecular weight excluding hydrogens is 360 g/mol. The molecule has 0 aromatic heterocycles. The number of amides is 1. The summed E-state index contributed by atoms with van der Waals surface area (Å²) in [5.74, 6) is 0.115. The fourth-order valence-corrected chi connectivity index (χ4v) is 5.12. The minimum atomic E-state index is -3.53. The molecule has 0 unspecified atom stereocenters. The zero-order valence-corrected chi connectivity index (χ0v) is 16.4. The van der Waals surface area contributed by atoms with Gasteiger partial charge in [0.05, 0.1) is 10.6 Å². The van der Waals surface area contributed by atoms with Gasteiger partial charge in [0.25, 0.3) is 5.91 Å². The van der Waals surface area contributed by atoms with Gasteiger partial charge in [0.15, 0.2) is 9.84 Å². The maximum absolute atomic E-state index is 13.0. The van der Waals surface area contributed by atoms with Crippen molar-refractivity contribution in [2.75, 3.05) is 13.1 Å². The Balaban J connectivity index is 1.85. The summed E-state index contributed by atoms with van der Waals surface area (Å²) in [6.45, 7) is 3.18. The minimum Gasteiger partial charge on any atom is -0.334 e. The smallest absolute Gasteiger partial charge is 0.254 e. The maximum atomic E-state index is 13.0. The number of hydrogen-bond donors (Lipinski definition) is 1. The summed E-state index contributed by atoms with van der Waals surface area (Å²) in [4.78, 5) is 15.0. The molecule has 0 radical (unpaired) electrons. The highest BCUT2D eigenvalue weighted by Crippen LogP contribution is 2.25. The van der Waals surface area contributed by atoms with Crippen molar-refractivity contribution in [3.05, 3.63) is 65.7 Å². The Hall–Kier alpha value is -2.18. The fourth-order valence-electron chi connectivity index (χ4n) is 3.73. The topological polar surface area (TPSA) is 80.5 Å². The lowest BCUT2D eigenvalue weighted by molar-refractivity contribution is 0.0532. The van der Waals surface area contributed by atoms with Crippen molar-refractivity contribution in [1.29, 1.82) is 0 Å². The third-order valence-corrected chi connectivity index (χ3v) is 6.94. The number of likely N-dealkylation sites (tertiary alicyclic amines) is 1. The summed E-state index contributed by atoms with van der Waals surface area (Å²) in [6.07, 6.45) is 1.99. The van der Waals surface area contributed by atoms with Gasteiger partial charge in [0.2, 0.25) is 0 Å². The van der Waals surface area contributed by atoms with Crippen molar-refractivity contribution in [1.82, 2.24) is 4.90 Å². The minimum absolute atomic E-state index is 0.00386. The van der Waals surface area contributed by atoms with Crippen LogP contribution in [-0.2, 0) is 15.6 Å². The van der Waals surface area contributed by atoms with Gasteiger partial charge < -0.3 is 10.6 Å². The van der Waals surface area contributed by atoms with Crippen LogP contribution in [0.3, 0.4) is 0 Å². The standard InChI is InChI=1S/C21H26N2O3S/c1-16-7-6-12-23(20(16)14-22)21(24)18-10-5-11-19(13-18)27(25,26)15-17-8-3-2-4-9-17/h2-5,8-11,13,16,20H,6-7,12,14-15,22H2,1H3/t16-,20+/m1/s1. The molecule has 2 atom stereocenters. The molecule has 0 saturated carbocycles. The van der Waals surface area contributed by atoms with Crippen LogP contribution in [0.1, 0.15) is 35.7 Å². The molecule has 5 nitrogen and oxygen atoms in total. The molecule has 1 heterocycles. The van der Waals surface area contributed by atoms with Crippen LogP contribution in [0.5, 0.6) is 0 Å². The first-order valence-corrected chi connectivity index (χ1v) is 11.0. The highest BCUT2D eigenvalue weighted by molar-refractivity contribution is 7.90. The summed E-state index contributed by atoms with van der Waals surface area (Å²) >= 11 is 0. The molecule has 27 heavy (non-hydrogen) atoms. The Kier molecular flexibility index (Phi) is 5.97. The number of benzene rings is 2. The molecule has 1 aliphatic heterocycles. The second kappa shape index (κ2) is 8.23. The van der Waals surface area contributed by atoms with Crippen molar-refractivity contribution in [2.45, 2.75) is 36.5 Å². The van der Waals surface area contributed by atoms with E-state index in [9.17, 15) is 13.2 Å². The Morgan fingerprint density at radius 3 is 2.59 bits per heavy atom. The monoisotopic (exact) mass is 386 g/mol. The number of sulfone groups is 1. The van der Waals surface area contributed by atoms with E-state index in [1.54, 1.807) is 35.2 Å². The molecule has 144 valence electrons. The predicted octanol–water partition coefficient (Wildman–Crippen LogP) is 2.86. The highest BCUT2D eigenvalue weighted by atomic mass is 32.2. The molecule has 3 rings (SSSR count). The molecule has 1 amide bonds. The van der Waals surface area contributed by atoms with E-state index in [1.165, 1.54) is 6.07 Å². The number of piperidine rings is 1. The first-order chi connectivity index (χ1) is 12.9. The molecular formula is C21H26N2O3S. The van der Waals surface area contributed by atoms with E-state index in [2.05, 4.69) is 6.92 Å². The number of nitrogens with two attached hydrogens (primary N) is 1. The Labute approximate surface area is 161 Å². The van der Waals surface area contributed by atoms with Gasteiger partial charge in [-0.1, -0.05) is 43.3 Å². The Morgan fingerprint density at radius 2 is 1.89 bits per heavy atom. The molecule has 2 aromatic rings. The van der Waals surface area contributed by atoms with E-state index in [1.807, 2.05) is 18.2 Å². The first-order valence-electron chi connectivity index (χ1n) is 9.30. The van der Waals surface area contributed by atoms with Gasteiger partial charge in [0, 0.05) is 24.7 Å². The Bertz CT molecular complexity index is 897. The van der Waals surface area contributed by atoms with Crippen molar-refractivity contribution in [3.63, 3.8) is 0 Å². The van der Waals surface area contributed by atoms with Gasteiger partial charge in [-0.2, -0.15) is 0 Å². The summed E-state index contributed by atoms with van der Waals surface area (Å²) in [6, 6.07) is 15.4. The van der Waals surface area contributed by atoms with Crippen molar-refractivity contribution >= 4 is 15.7 Å². The molecule has 2 N–H and O–H groups in total. The number of carbonyl (C=O) groups is 1. The van der Waals surface area contributed by atoms with E-state index in [-0.39, 0.29) is 22.6 Å². The van der Waals surface area contributed by atoms with Crippen LogP contribution in [0.25, 0.3) is 0 Å². The fraction of sp³-hybridized carbons (Fsp3) is 0.381. The molecule has 2 aromatic carbocycles. The zero-order valence-electron chi connectivity index (χ0n) is 15.5. The quantitative estimate of drug-likeness (QED) is 0.857. The van der Waals surface area contributed by atoms with Crippen LogP contribution in [-0.4, -0.2) is 38.4 Å². The van der Waals surface area contributed by atoms with Gasteiger partial charge in [-0.15, -0.1) is 0 Å². The van der Waals surface area contributed by atoms with Crippen LogP contribution in [0, 0.1) is 5.92 Å². The third-order valence-electron chi connectivity index (χ3n) is 5.26. The SMILES string of the molecule is C[C@@H]1CCCN(C(=O)c2cccc(S(=O)(=O)Cc3ccccc3)c2)[C@H]1CN. The van der Waals surface area contributed by atoms with E-state index < -0.39 is 9.84 Å². The number of carbonyl (C=O) groups excluding carboxylic acids is 1. The summed E-state index contributed by atoms with van der Waals surface area (Å²) in [5, 5.41) is 0. The molecule has 6 heteroatoms. The maximum Gasteiger partial charge on any atom is 0.254 e.